The highest BCUT2D eigenvalue weighted by molar-refractivity contribution is 6.31. The van der Waals surface area contributed by atoms with Gasteiger partial charge in [-0.15, -0.1) is 0 Å². The molecule has 0 spiro atoms. The fourth-order valence-electron chi connectivity index (χ4n) is 2.61. The second kappa shape index (κ2) is 8.63. The second-order valence-electron chi connectivity index (χ2n) is 6.33. The van der Waals surface area contributed by atoms with E-state index in [1.807, 2.05) is 43.3 Å². The number of benzene rings is 2. The maximum Gasteiger partial charge on any atom is 0.257 e. The van der Waals surface area contributed by atoms with Crippen molar-refractivity contribution in [1.82, 2.24) is 4.98 Å². The number of rotatable bonds is 6. The smallest absolute Gasteiger partial charge is 0.257 e. The van der Waals surface area contributed by atoms with Crippen LogP contribution in [0.25, 0.3) is 0 Å². The Labute approximate surface area is 169 Å². The van der Waals surface area contributed by atoms with Crippen LogP contribution in [-0.4, -0.2) is 32.1 Å². The Morgan fingerprint density at radius 1 is 1.04 bits per heavy atom. The van der Waals surface area contributed by atoms with Crippen LogP contribution in [0.2, 0.25) is 5.02 Å². The van der Waals surface area contributed by atoms with Gasteiger partial charge < -0.3 is 20.3 Å². The van der Waals surface area contributed by atoms with E-state index in [0.717, 1.165) is 11.4 Å². The average Bonchev–Trinajstić information content (AvgIpc) is 2.69. The van der Waals surface area contributed by atoms with E-state index in [1.165, 1.54) is 13.3 Å². The summed E-state index contributed by atoms with van der Waals surface area (Å²) in [5, 5.41) is 6.57. The van der Waals surface area contributed by atoms with E-state index in [9.17, 15) is 4.79 Å². The normalized spacial score (nSPS) is 10.3. The van der Waals surface area contributed by atoms with Crippen LogP contribution in [0.4, 0.5) is 22.7 Å². The van der Waals surface area contributed by atoms with Crippen LogP contribution in [-0.2, 0) is 0 Å². The molecule has 28 heavy (non-hydrogen) atoms. The van der Waals surface area contributed by atoms with Crippen molar-refractivity contribution < 1.29 is 9.53 Å². The fraction of sp³-hybridized carbons (Fsp3) is 0.143. The van der Waals surface area contributed by atoms with Crippen LogP contribution < -0.4 is 20.3 Å². The van der Waals surface area contributed by atoms with E-state index in [-0.39, 0.29) is 5.91 Å². The highest BCUT2D eigenvalue weighted by Gasteiger charge is 2.11. The van der Waals surface area contributed by atoms with Crippen molar-refractivity contribution in [1.29, 1.82) is 0 Å². The summed E-state index contributed by atoms with van der Waals surface area (Å²) in [6, 6.07) is 14.7. The molecule has 0 saturated carbocycles. The standard InChI is InChI=1S/C21H21ClN4O2/c1-26(2)18-7-5-16(6-8-18)24-17-10-14(12-23-13-17)21(27)25-19-11-15(22)4-9-20(19)28-3/h4-13,24H,1-3H3,(H,25,27). The third-order valence-electron chi connectivity index (χ3n) is 4.08. The number of halogens is 1. The molecule has 6 nitrogen and oxygen atoms in total. The van der Waals surface area contributed by atoms with Crippen molar-refractivity contribution >= 4 is 40.3 Å². The Morgan fingerprint density at radius 2 is 1.79 bits per heavy atom. The quantitative estimate of drug-likeness (QED) is 0.626. The lowest BCUT2D eigenvalue weighted by molar-refractivity contribution is 0.102. The molecule has 1 aromatic heterocycles. The Morgan fingerprint density at radius 3 is 2.46 bits per heavy atom. The summed E-state index contributed by atoms with van der Waals surface area (Å²) in [7, 11) is 5.51. The molecule has 0 aliphatic rings. The van der Waals surface area contributed by atoms with E-state index >= 15 is 0 Å². The summed E-state index contributed by atoms with van der Waals surface area (Å²) in [4.78, 5) is 18.8. The third kappa shape index (κ3) is 4.72. The minimum atomic E-state index is -0.306. The van der Waals surface area contributed by atoms with E-state index in [4.69, 9.17) is 16.3 Å². The first-order chi connectivity index (χ1) is 13.5. The monoisotopic (exact) mass is 396 g/mol. The number of amides is 1. The Hall–Kier alpha value is -3.25. The van der Waals surface area contributed by atoms with E-state index in [0.29, 0.717) is 27.7 Å². The van der Waals surface area contributed by atoms with Gasteiger partial charge in [-0.25, -0.2) is 0 Å². The summed E-state index contributed by atoms with van der Waals surface area (Å²) in [5.41, 5.74) is 3.63. The molecule has 2 aromatic carbocycles. The first-order valence-electron chi connectivity index (χ1n) is 8.60. The molecule has 0 unspecified atom stereocenters. The van der Waals surface area contributed by atoms with Gasteiger partial charge in [0.2, 0.25) is 0 Å². The molecule has 0 radical (unpaired) electrons. The summed E-state index contributed by atoms with van der Waals surface area (Å²) in [6.07, 6.45) is 3.17. The minimum Gasteiger partial charge on any atom is -0.495 e. The number of carbonyl (C=O) groups is 1. The first kappa shape index (κ1) is 19.5. The molecule has 0 aliphatic heterocycles. The number of pyridine rings is 1. The predicted octanol–water partition coefficient (Wildman–Crippen LogP) is 4.81. The van der Waals surface area contributed by atoms with Gasteiger partial charge in [0.1, 0.15) is 5.75 Å². The molecule has 0 saturated heterocycles. The van der Waals surface area contributed by atoms with Gasteiger partial charge in [0.15, 0.2) is 0 Å². The molecule has 1 heterocycles. The Balaban J connectivity index is 1.75. The lowest BCUT2D eigenvalue weighted by atomic mass is 10.2. The Bertz CT molecular complexity index is 974. The molecule has 7 heteroatoms. The zero-order valence-corrected chi connectivity index (χ0v) is 16.6. The SMILES string of the molecule is COc1ccc(Cl)cc1NC(=O)c1cncc(Nc2ccc(N(C)C)cc2)c1. The van der Waals surface area contributed by atoms with Crippen LogP contribution >= 0.6 is 11.6 Å². The Kier molecular flexibility index (Phi) is 6.01. The minimum absolute atomic E-state index is 0.306. The van der Waals surface area contributed by atoms with Crippen molar-refractivity contribution in [3.63, 3.8) is 0 Å². The number of nitrogens with one attached hydrogen (secondary N) is 2. The number of hydrogen-bond donors (Lipinski definition) is 2. The van der Waals surface area contributed by atoms with Gasteiger partial charge in [-0.05, 0) is 48.5 Å². The summed E-state index contributed by atoms with van der Waals surface area (Å²) >= 11 is 6.02. The van der Waals surface area contributed by atoms with Gasteiger partial charge in [-0.2, -0.15) is 0 Å². The molecule has 2 N–H and O–H groups in total. The molecule has 144 valence electrons. The number of aromatic nitrogens is 1. The van der Waals surface area contributed by atoms with Gasteiger partial charge in [-0.1, -0.05) is 11.6 Å². The maximum atomic E-state index is 12.6. The molecule has 0 fully saturated rings. The molecule has 3 rings (SSSR count). The molecular formula is C21H21ClN4O2. The van der Waals surface area contributed by atoms with Crippen LogP contribution in [0.3, 0.4) is 0 Å². The van der Waals surface area contributed by atoms with E-state index < -0.39 is 0 Å². The average molecular weight is 397 g/mol. The first-order valence-corrected chi connectivity index (χ1v) is 8.98. The van der Waals surface area contributed by atoms with Crippen molar-refractivity contribution in [2.24, 2.45) is 0 Å². The highest BCUT2D eigenvalue weighted by atomic mass is 35.5. The number of carbonyl (C=O) groups excluding carboxylic acids is 1. The molecule has 0 atom stereocenters. The maximum absolute atomic E-state index is 12.6. The number of anilines is 4. The molecule has 1 amide bonds. The zero-order chi connectivity index (χ0) is 20.1. The number of ether oxygens (including phenoxy) is 1. The van der Waals surface area contributed by atoms with E-state index in [2.05, 4.69) is 15.6 Å². The zero-order valence-electron chi connectivity index (χ0n) is 15.9. The topological polar surface area (TPSA) is 66.5 Å². The summed E-state index contributed by atoms with van der Waals surface area (Å²) < 4.78 is 5.26. The van der Waals surface area contributed by atoms with Crippen LogP contribution in [0.5, 0.6) is 5.75 Å². The third-order valence-corrected chi connectivity index (χ3v) is 4.32. The molecule has 3 aromatic rings. The second-order valence-corrected chi connectivity index (χ2v) is 6.76. The largest absolute Gasteiger partial charge is 0.495 e. The van der Waals surface area contributed by atoms with Gasteiger partial charge in [-0.3, -0.25) is 9.78 Å². The van der Waals surface area contributed by atoms with E-state index in [1.54, 1.807) is 30.5 Å². The van der Waals surface area contributed by atoms with Crippen LogP contribution in [0, 0.1) is 0 Å². The molecule has 0 bridgehead atoms. The highest BCUT2D eigenvalue weighted by Crippen LogP contribution is 2.28. The number of nitrogens with zero attached hydrogens (tertiary/aromatic N) is 2. The number of methoxy groups -OCH3 is 1. The van der Waals surface area contributed by atoms with Crippen molar-refractivity contribution in [3.05, 3.63) is 71.5 Å². The fourth-order valence-corrected chi connectivity index (χ4v) is 2.79. The van der Waals surface area contributed by atoms with Gasteiger partial charge in [0.25, 0.3) is 5.91 Å². The lowest BCUT2D eigenvalue weighted by Gasteiger charge is -2.14. The van der Waals surface area contributed by atoms with Gasteiger partial charge >= 0.3 is 0 Å². The van der Waals surface area contributed by atoms with Crippen LogP contribution in [0.1, 0.15) is 10.4 Å². The summed E-state index contributed by atoms with van der Waals surface area (Å²) in [6.45, 7) is 0. The van der Waals surface area contributed by atoms with Crippen molar-refractivity contribution in [2.75, 3.05) is 36.7 Å². The van der Waals surface area contributed by atoms with Crippen molar-refractivity contribution in [3.8, 4) is 5.75 Å². The lowest BCUT2D eigenvalue weighted by Crippen LogP contribution is -2.13. The van der Waals surface area contributed by atoms with Gasteiger partial charge in [0.05, 0.1) is 30.2 Å². The van der Waals surface area contributed by atoms with Crippen molar-refractivity contribution in [2.45, 2.75) is 0 Å². The molecule has 0 aliphatic carbocycles. The number of hydrogen-bond acceptors (Lipinski definition) is 5. The predicted molar refractivity (Wildman–Crippen MR) is 114 cm³/mol. The van der Waals surface area contributed by atoms with Crippen LogP contribution in [0.15, 0.2) is 60.9 Å². The van der Waals surface area contributed by atoms with Gasteiger partial charge in [0, 0.05) is 36.7 Å². The molecular weight excluding hydrogens is 376 g/mol. The summed E-state index contributed by atoms with van der Waals surface area (Å²) in [5.74, 6) is 0.223.